The van der Waals surface area contributed by atoms with Crippen LogP contribution in [0.5, 0.6) is 0 Å². The molecular weight excluding hydrogens is 283 g/mol. The molecule has 0 amide bonds. The molecule has 1 rings (SSSR count). The van der Waals surface area contributed by atoms with E-state index in [4.69, 9.17) is 23.2 Å². The van der Waals surface area contributed by atoms with Gasteiger partial charge in [0, 0.05) is 11.8 Å². The largest absolute Gasteiger partial charge is 0.252 e. The molecular formula is C10H16Cl2N2O2S. The zero-order valence-corrected chi connectivity index (χ0v) is 12.2. The van der Waals surface area contributed by atoms with Crippen molar-refractivity contribution < 1.29 is 8.42 Å². The maximum absolute atomic E-state index is 11.1. The molecule has 98 valence electrons. The maximum Gasteiger partial charge on any atom is 0.149 e. The third-order valence-corrected chi connectivity index (χ3v) is 3.97. The molecule has 0 aromatic carbocycles. The molecule has 0 N–H and O–H groups in total. The molecule has 0 aliphatic rings. The first kappa shape index (κ1) is 14.8. The lowest BCUT2D eigenvalue weighted by Gasteiger charge is -2.01. The molecule has 0 aliphatic carbocycles. The molecule has 0 spiro atoms. The van der Waals surface area contributed by atoms with Crippen molar-refractivity contribution in [1.82, 2.24) is 9.78 Å². The van der Waals surface area contributed by atoms with Crippen molar-refractivity contribution in [1.29, 1.82) is 0 Å². The molecule has 0 bridgehead atoms. The predicted molar refractivity (Wildman–Crippen MR) is 70.5 cm³/mol. The SMILES string of the molecule is CCCc1nn(CCS(C)(=O)=O)c(Cl)c1CCl. The van der Waals surface area contributed by atoms with Crippen LogP contribution in [0.4, 0.5) is 0 Å². The summed E-state index contributed by atoms with van der Waals surface area (Å²) in [7, 11) is -3.01. The molecule has 7 heteroatoms. The van der Waals surface area contributed by atoms with E-state index in [0.717, 1.165) is 24.1 Å². The molecule has 0 saturated heterocycles. The summed E-state index contributed by atoms with van der Waals surface area (Å²) < 4.78 is 23.7. The predicted octanol–water partition coefficient (Wildman–Crippen LogP) is 2.27. The maximum atomic E-state index is 11.1. The quantitative estimate of drug-likeness (QED) is 0.757. The Labute approximate surface area is 112 Å². The van der Waals surface area contributed by atoms with Gasteiger partial charge in [0.25, 0.3) is 0 Å². The summed E-state index contributed by atoms with van der Waals surface area (Å²) >= 11 is 11.9. The van der Waals surface area contributed by atoms with Crippen LogP contribution in [-0.2, 0) is 28.7 Å². The molecule has 0 fully saturated rings. The number of nitrogens with zero attached hydrogens (tertiary/aromatic N) is 2. The lowest BCUT2D eigenvalue weighted by molar-refractivity contribution is 0.584. The van der Waals surface area contributed by atoms with E-state index in [-0.39, 0.29) is 12.3 Å². The van der Waals surface area contributed by atoms with Crippen LogP contribution in [0.1, 0.15) is 24.6 Å². The number of alkyl halides is 1. The summed E-state index contributed by atoms with van der Waals surface area (Å²) in [5, 5.41) is 4.76. The van der Waals surface area contributed by atoms with Gasteiger partial charge < -0.3 is 0 Å². The number of sulfone groups is 1. The van der Waals surface area contributed by atoms with Gasteiger partial charge in [-0.25, -0.2) is 8.42 Å². The lowest BCUT2D eigenvalue weighted by atomic mass is 10.2. The van der Waals surface area contributed by atoms with Crippen LogP contribution < -0.4 is 0 Å². The number of aromatic nitrogens is 2. The Morgan fingerprint density at radius 1 is 1.41 bits per heavy atom. The van der Waals surface area contributed by atoms with Crippen molar-refractivity contribution >= 4 is 33.0 Å². The van der Waals surface area contributed by atoms with Gasteiger partial charge in [-0.3, -0.25) is 4.68 Å². The highest BCUT2D eigenvalue weighted by Crippen LogP contribution is 2.23. The third kappa shape index (κ3) is 4.16. The molecule has 0 saturated carbocycles. The normalized spacial score (nSPS) is 12.0. The average Bonchev–Trinajstić information content (AvgIpc) is 2.51. The Morgan fingerprint density at radius 2 is 2.06 bits per heavy atom. The van der Waals surface area contributed by atoms with Gasteiger partial charge in [0.2, 0.25) is 0 Å². The van der Waals surface area contributed by atoms with Crippen LogP contribution in [0, 0.1) is 0 Å². The van der Waals surface area contributed by atoms with E-state index in [1.54, 1.807) is 0 Å². The van der Waals surface area contributed by atoms with E-state index >= 15 is 0 Å². The van der Waals surface area contributed by atoms with Gasteiger partial charge in [0.05, 0.1) is 23.9 Å². The zero-order valence-electron chi connectivity index (χ0n) is 9.91. The first-order chi connectivity index (χ1) is 7.89. The first-order valence-electron chi connectivity index (χ1n) is 5.36. The van der Waals surface area contributed by atoms with Crippen LogP contribution in [0.2, 0.25) is 5.15 Å². The minimum Gasteiger partial charge on any atom is -0.252 e. The Hall–Kier alpha value is -0.260. The van der Waals surface area contributed by atoms with Crippen LogP contribution in [0.15, 0.2) is 0 Å². The van der Waals surface area contributed by atoms with Crippen LogP contribution in [0.3, 0.4) is 0 Å². The number of aryl methyl sites for hydroxylation is 2. The van der Waals surface area contributed by atoms with E-state index in [0.29, 0.717) is 11.0 Å². The number of rotatable bonds is 6. The van der Waals surface area contributed by atoms with Crippen molar-refractivity contribution in [2.24, 2.45) is 0 Å². The van der Waals surface area contributed by atoms with E-state index in [9.17, 15) is 8.42 Å². The molecule has 17 heavy (non-hydrogen) atoms. The average molecular weight is 299 g/mol. The fourth-order valence-corrected chi connectivity index (χ4v) is 2.65. The summed E-state index contributed by atoms with van der Waals surface area (Å²) in [6.07, 6.45) is 2.94. The summed E-state index contributed by atoms with van der Waals surface area (Å²) in [4.78, 5) is 0. The van der Waals surface area contributed by atoms with Crippen molar-refractivity contribution in [2.45, 2.75) is 32.2 Å². The summed E-state index contributed by atoms with van der Waals surface area (Å²) in [6.45, 7) is 2.31. The fraction of sp³-hybridized carbons (Fsp3) is 0.700. The highest BCUT2D eigenvalue weighted by Gasteiger charge is 2.15. The minimum atomic E-state index is -3.01. The Kier molecular flexibility index (Phi) is 5.28. The lowest BCUT2D eigenvalue weighted by Crippen LogP contribution is -2.12. The molecule has 0 radical (unpaired) electrons. The Balaban J connectivity index is 2.93. The Bertz CT molecular complexity index is 483. The van der Waals surface area contributed by atoms with Crippen molar-refractivity contribution in [3.8, 4) is 0 Å². The van der Waals surface area contributed by atoms with Crippen LogP contribution >= 0.6 is 23.2 Å². The molecule has 1 heterocycles. The molecule has 1 aromatic rings. The highest BCUT2D eigenvalue weighted by molar-refractivity contribution is 7.90. The summed E-state index contributed by atoms with van der Waals surface area (Å²) in [6, 6.07) is 0. The topological polar surface area (TPSA) is 52.0 Å². The zero-order chi connectivity index (χ0) is 13.1. The van der Waals surface area contributed by atoms with E-state index in [1.165, 1.54) is 10.9 Å². The third-order valence-electron chi connectivity index (χ3n) is 2.36. The second kappa shape index (κ2) is 6.07. The van der Waals surface area contributed by atoms with Crippen LogP contribution in [-0.4, -0.2) is 30.2 Å². The molecule has 1 aromatic heterocycles. The van der Waals surface area contributed by atoms with Gasteiger partial charge in [0.15, 0.2) is 0 Å². The van der Waals surface area contributed by atoms with Gasteiger partial charge in [-0.05, 0) is 6.42 Å². The molecule has 0 unspecified atom stereocenters. The highest BCUT2D eigenvalue weighted by atomic mass is 35.5. The smallest absolute Gasteiger partial charge is 0.149 e. The Morgan fingerprint density at radius 3 is 2.53 bits per heavy atom. The standard InChI is InChI=1S/C10H16Cl2N2O2S/c1-3-4-9-8(7-11)10(12)14(13-9)5-6-17(2,15)16/h3-7H2,1-2H3. The summed E-state index contributed by atoms with van der Waals surface area (Å²) in [5.41, 5.74) is 1.67. The van der Waals surface area contributed by atoms with Gasteiger partial charge in [-0.15, -0.1) is 11.6 Å². The van der Waals surface area contributed by atoms with Crippen LogP contribution in [0.25, 0.3) is 0 Å². The number of hydrogen-bond donors (Lipinski definition) is 0. The van der Waals surface area contributed by atoms with Gasteiger partial charge >= 0.3 is 0 Å². The second-order valence-corrected chi connectivity index (χ2v) is 6.84. The monoisotopic (exact) mass is 298 g/mol. The number of halogens is 2. The molecule has 0 atom stereocenters. The van der Waals surface area contributed by atoms with Crippen molar-refractivity contribution in [3.63, 3.8) is 0 Å². The number of hydrogen-bond acceptors (Lipinski definition) is 3. The molecule has 4 nitrogen and oxygen atoms in total. The van der Waals surface area contributed by atoms with Crippen molar-refractivity contribution in [3.05, 3.63) is 16.4 Å². The molecule has 0 aliphatic heterocycles. The fourth-order valence-electron chi connectivity index (χ4n) is 1.50. The first-order valence-corrected chi connectivity index (χ1v) is 8.34. The van der Waals surface area contributed by atoms with Crippen molar-refractivity contribution in [2.75, 3.05) is 12.0 Å². The van der Waals surface area contributed by atoms with Gasteiger partial charge in [0.1, 0.15) is 15.0 Å². The van der Waals surface area contributed by atoms with Gasteiger partial charge in [-0.1, -0.05) is 24.9 Å². The van der Waals surface area contributed by atoms with E-state index < -0.39 is 9.84 Å². The van der Waals surface area contributed by atoms with E-state index in [1.807, 2.05) is 6.92 Å². The van der Waals surface area contributed by atoms with Gasteiger partial charge in [-0.2, -0.15) is 5.10 Å². The minimum absolute atomic E-state index is 0.0295. The van der Waals surface area contributed by atoms with E-state index in [2.05, 4.69) is 5.10 Å². The second-order valence-electron chi connectivity index (χ2n) is 3.95. The summed E-state index contributed by atoms with van der Waals surface area (Å²) in [5.74, 6) is 0.328.